The van der Waals surface area contributed by atoms with Crippen molar-refractivity contribution in [3.8, 4) is 0 Å². The molecule has 7 nitrogen and oxygen atoms in total. The standard InChI is InChI=1S/C15H23N3O4/c1-7(12(19)17-6-15(2,3)16)18-13(20)10-8-4-5-9(22-8)11(10)14(18)21/h7-11H,4-6,16H2,1-3H3,(H,17,19). The Balaban J connectivity index is 1.71. The number of likely N-dealkylation sites (tertiary alicyclic amines) is 1. The number of imide groups is 1. The van der Waals surface area contributed by atoms with Crippen LogP contribution in [0, 0.1) is 11.8 Å². The number of rotatable bonds is 4. The number of nitrogens with two attached hydrogens (primary N) is 1. The SMILES string of the molecule is CC(C(=O)NCC(C)(C)N)N1C(=O)C2C3CCC(O3)C2C1=O. The number of nitrogens with one attached hydrogen (secondary N) is 1. The Bertz CT molecular complexity index is 499. The monoisotopic (exact) mass is 309 g/mol. The maximum Gasteiger partial charge on any atom is 0.243 e. The van der Waals surface area contributed by atoms with Gasteiger partial charge in [-0.3, -0.25) is 19.3 Å². The molecule has 0 saturated carbocycles. The molecular formula is C15H23N3O4. The van der Waals surface area contributed by atoms with E-state index in [-0.39, 0.29) is 36.5 Å². The van der Waals surface area contributed by atoms with Gasteiger partial charge in [-0.2, -0.15) is 0 Å². The van der Waals surface area contributed by atoms with Gasteiger partial charge in [-0.25, -0.2) is 0 Å². The Hall–Kier alpha value is -1.47. The van der Waals surface area contributed by atoms with Crippen LogP contribution in [0.4, 0.5) is 0 Å². The summed E-state index contributed by atoms with van der Waals surface area (Å²) in [4.78, 5) is 38.5. The first-order valence-corrected chi connectivity index (χ1v) is 7.79. The fourth-order valence-corrected chi connectivity index (χ4v) is 3.70. The lowest BCUT2D eigenvalue weighted by molar-refractivity contribution is -0.149. The quantitative estimate of drug-likeness (QED) is 0.675. The Labute approximate surface area is 129 Å². The zero-order valence-electron chi connectivity index (χ0n) is 13.2. The largest absolute Gasteiger partial charge is 0.373 e. The molecule has 5 atom stereocenters. The van der Waals surface area contributed by atoms with E-state index in [9.17, 15) is 14.4 Å². The van der Waals surface area contributed by atoms with Gasteiger partial charge in [0, 0.05) is 12.1 Å². The van der Waals surface area contributed by atoms with Gasteiger partial charge in [-0.05, 0) is 33.6 Å². The third-order valence-corrected chi connectivity index (χ3v) is 4.80. The average Bonchev–Trinajstić information content (AvgIpc) is 3.09. The third-order valence-electron chi connectivity index (χ3n) is 4.80. The van der Waals surface area contributed by atoms with Crippen molar-refractivity contribution in [1.82, 2.24) is 10.2 Å². The number of carbonyl (C=O) groups excluding carboxylic acids is 3. The highest BCUT2D eigenvalue weighted by Gasteiger charge is 2.63. The number of fused-ring (bicyclic) bond motifs is 5. The second kappa shape index (κ2) is 5.03. The molecule has 3 rings (SSSR count). The topological polar surface area (TPSA) is 102 Å². The number of nitrogens with zero attached hydrogens (tertiary/aromatic N) is 1. The van der Waals surface area contributed by atoms with Crippen LogP contribution in [-0.4, -0.2) is 53.0 Å². The first kappa shape index (κ1) is 15.4. The summed E-state index contributed by atoms with van der Waals surface area (Å²) in [5.74, 6) is -1.68. The Morgan fingerprint density at radius 2 is 1.82 bits per heavy atom. The van der Waals surface area contributed by atoms with Crippen molar-refractivity contribution in [3.63, 3.8) is 0 Å². The second-order valence-corrected chi connectivity index (χ2v) is 7.27. The van der Waals surface area contributed by atoms with Crippen LogP contribution in [0.25, 0.3) is 0 Å². The van der Waals surface area contributed by atoms with Crippen molar-refractivity contribution in [3.05, 3.63) is 0 Å². The minimum Gasteiger partial charge on any atom is -0.373 e. The lowest BCUT2D eigenvalue weighted by Crippen LogP contribution is -2.53. The van der Waals surface area contributed by atoms with E-state index >= 15 is 0 Å². The van der Waals surface area contributed by atoms with Gasteiger partial charge in [0.15, 0.2) is 0 Å². The van der Waals surface area contributed by atoms with E-state index in [4.69, 9.17) is 10.5 Å². The van der Waals surface area contributed by atoms with Crippen molar-refractivity contribution in [2.45, 2.75) is 57.4 Å². The van der Waals surface area contributed by atoms with E-state index in [2.05, 4.69) is 5.32 Å². The summed E-state index contributed by atoms with van der Waals surface area (Å²) in [5, 5.41) is 2.70. The zero-order chi connectivity index (χ0) is 16.2. The minimum atomic E-state index is -0.813. The van der Waals surface area contributed by atoms with E-state index in [0.717, 1.165) is 17.7 Å². The summed E-state index contributed by atoms with van der Waals surface area (Å²) >= 11 is 0. The molecule has 5 unspecified atom stereocenters. The molecule has 3 heterocycles. The minimum absolute atomic E-state index is 0.158. The molecule has 0 radical (unpaired) electrons. The number of ether oxygens (including phenoxy) is 1. The van der Waals surface area contributed by atoms with Crippen molar-refractivity contribution in [1.29, 1.82) is 0 Å². The van der Waals surface area contributed by atoms with Crippen LogP contribution in [0.5, 0.6) is 0 Å². The smallest absolute Gasteiger partial charge is 0.243 e. The van der Waals surface area contributed by atoms with Crippen LogP contribution in [0.3, 0.4) is 0 Å². The molecule has 0 aliphatic carbocycles. The van der Waals surface area contributed by atoms with Crippen LogP contribution >= 0.6 is 0 Å². The van der Waals surface area contributed by atoms with Crippen LogP contribution < -0.4 is 11.1 Å². The summed E-state index contributed by atoms with van der Waals surface area (Å²) in [6.07, 6.45) is 1.32. The number of carbonyl (C=O) groups is 3. The summed E-state index contributed by atoms with van der Waals surface area (Å²) in [5.41, 5.74) is 5.29. The molecule has 3 N–H and O–H groups in total. The van der Waals surface area contributed by atoms with Gasteiger partial charge in [0.1, 0.15) is 6.04 Å². The highest BCUT2D eigenvalue weighted by molar-refractivity contribution is 6.09. The first-order valence-electron chi connectivity index (χ1n) is 7.79. The van der Waals surface area contributed by atoms with Gasteiger partial charge in [0.25, 0.3) is 0 Å². The van der Waals surface area contributed by atoms with Crippen molar-refractivity contribution < 1.29 is 19.1 Å². The Morgan fingerprint density at radius 3 is 2.27 bits per heavy atom. The Morgan fingerprint density at radius 1 is 1.32 bits per heavy atom. The van der Waals surface area contributed by atoms with Crippen LogP contribution in [0.1, 0.15) is 33.6 Å². The summed E-state index contributed by atoms with van der Waals surface area (Å²) in [6.45, 7) is 5.46. The molecule has 3 fully saturated rings. The van der Waals surface area contributed by atoms with Gasteiger partial charge < -0.3 is 15.8 Å². The molecule has 22 heavy (non-hydrogen) atoms. The van der Waals surface area contributed by atoms with Gasteiger partial charge in [-0.15, -0.1) is 0 Å². The normalized spacial score (nSPS) is 35.0. The lowest BCUT2D eigenvalue weighted by Gasteiger charge is -2.26. The van der Waals surface area contributed by atoms with Gasteiger partial charge in [-0.1, -0.05) is 0 Å². The molecule has 0 aromatic carbocycles. The van der Waals surface area contributed by atoms with Crippen molar-refractivity contribution in [2.75, 3.05) is 6.54 Å². The molecule has 122 valence electrons. The summed E-state index contributed by atoms with van der Waals surface area (Å²) in [7, 11) is 0. The fraction of sp³-hybridized carbons (Fsp3) is 0.800. The molecular weight excluding hydrogens is 286 g/mol. The van der Waals surface area contributed by atoms with Crippen molar-refractivity contribution >= 4 is 17.7 Å². The molecule has 3 amide bonds. The molecule has 3 aliphatic rings. The molecule has 3 aliphatic heterocycles. The molecule has 0 aromatic rings. The maximum absolute atomic E-state index is 12.6. The van der Waals surface area contributed by atoms with E-state index in [1.54, 1.807) is 20.8 Å². The van der Waals surface area contributed by atoms with Crippen molar-refractivity contribution in [2.24, 2.45) is 17.6 Å². The van der Waals surface area contributed by atoms with E-state index in [0.29, 0.717) is 0 Å². The van der Waals surface area contributed by atoms with Crippen LogP contribution in [0.2, 0.25) is 0 Å². The molecule has 2 bridgehead atoms. The fourth-order valence-electron chi connectivity index (χ4n) is 3.70. The van der Waals surface area contributed by atoms with Crippen LogP contribution in [-0.2, 0) is 19.1 Å². The first-order chi connectivity index (χ1) is 10.2. The van der Waals surface area contributed by atoms with Crippen LogP contribution in [0.15, 0.2) is 0 Å². The second-order valence-electron chi connectivity index (χ2n) is 7.27. The highest BCUT2D eigenvalue weighted by Crippen LogP contribution is 2.48. The maximum atomic E-state index is 12.6. The van der Waals surface area contributed by atoms with Gasteiger partial charge >= 0.3 is 0 Å². The predicted octanol–water partition coefficient (Wildman–Crippen LogP) is -0.609. The molecule has 0 aromatic heterocycles. The van der Waals surface area contributed by atoms with Gasteiger partial charge in [0.05, 0.1) is 24.0 Å². The summed E-state index contributed by atoms with van der Waals surface area (Å²) < 4.78 is 5.68. The van der Waals surface area contributed by atoms with Gasteiger partial charge in [0.2, 0.25) is 17.7 Å². The van der Waals surface area contributed by atoms with E-state index < -0.39 is 23.4 Å². The molecule has 3 saturated heterocycles. The summed E-state index contributed by atoms with van der Waals surface area (Å²) in [6, 6.07) is -0.813. The highest BCUT2D eigenvalue weighted by atomic mass is 16.5. The number of hydrogen-bond donors (Lipinski definition) is 2. The average molecular weight is 309 g/mol. The molecule has 7 heteroatoms. The van der Waals surface area contributed by atoms with E-state index in [1.165, 1.54) is 0 Å². The Kier molecular flexibility index (Phi) is 3.52. The predicted molar refractivity (Wildman–Crippen MR) is 77.5 cm³/mol. The number of hydrogen-bond acceptors (Lipinski definition) is 5. The zero-order valence-corrected chi connectivity index (χ0v) is 13.2. The third kappa shape index (κ3) is 2.32. The molecule has 0 spiro atoms. The lowest BCUT2D eigenvalue weighted by atomic mass is 9.81. The van der Waals surface area contributed by atoms with E-state index in [1.807, 2.05) is 0 Å². The number of amides is 3.